The second-order valence-corrected chi connectivity index (χ2v) is 5.20. The fraction of sp³-hybridized carbons (Fsp3) is 0.692. The van der Waals surface area contributed by atoms with Crippen molar-refractivity contribution in [3.05, 3.63) is 18.2 Å². The summed E-state index contributed by atoms with van der Waals surface area (Å²) in [5.74, 6) is 1.23. The van der Waals surface area contributed by atoms with Crippen LogP contribution in [-0.2, 0) is 22.6 Å². The lowest BCUT2D eigenvalue weighted by Crippen LogP contribution is -2.39. The first-order valence-electron chi connectivity index (χ1n) is 6.34. The summed E-state index contributed by atoms with van der Waals surface area (Å²) >= 11 is 0. The van der Waals surface area contributed by atoms with Gasteiger partial charge < -0.3 is 9.30 Å². The second-order valence-electron chi connectivity index (χ2n) is 5.20. The molecular formula is C13H21N3O2. The standard InChI is InChI=1S/C13H21N3O2/c1-13(2,18-3)11(17)4-6-15-8-9-16-7-5-14-12(16)10-15/h5,7H,4,6,8-10H2,1-3H3. The Labute approximate surface area is 108 Å². The molecule has 0 unspecified atom stereocenters. The van der Waals surface area contributed by atoms with Crippen molar-refractivity contribution in [2.24, 2.45) is 0 Å². The van der Waals surface area contributed by atoms with Crippen LogP contribution in [0.15, 0.2) is 12.4 Å². The molecule has 1 aliphatic heterocycles. The maximum absolute atomic E-state index is 12.0. The fourth-order valence-corrected chi connectivity index (χ4v) is 2.09. The van der Waals surface area contributed by atoms with Gasteiger partial charge in [0.25, 0.3) is 0 Å². The Kier molecular flexibility index (Phi) is 3.82. The van der Waals surface area contributed by atoms with Crippen molar-refractivity contribution in [1.29, 1.82) is 0 Å². The Hall–Kier alpha value is -1.20. The Balaban J connectivity index is 1.84. The van der Waals surface area contributed by atoms with E-state index in [1.165, 1.54) is 0 Å². The van der Waals surface area contributed by atoms with Crippen LogP contribution in [-0.4, -0.2) is 46.0 Å². The summed E-state index contributed by atoms with van der Waals surface area (Å²) in [6.45, 7) is 7.17. The molecule has 0 N–H and O–H groups in total. The first kappa shape index (κ1) is 13.2. The van der Waals surface area contributed by atoms with Crippen LogP contribution >= 0.6 is 0 Å². The fourth-order valence-electron chi connectivity index (χ4n) is 2.09. The third kappa shape index (κ3) is 2.79. The van der Waals surface area contributed by atoms with Crippen LogP contribution in [0.3, 0.4) is 0 Å². The molecule has 0 radical (unpaired) electrons. The molecule has 1 aromatic rings. The van der Waals surface area contributed by atoms with Crippen molar-refractivity contribution in [1.82, 2.24) is 14.5 Å². The van der Waals surface area contributed by atoms with E-state index in [-0.39, 0.29) is 5.78 Å². The number of ketones is 1. The number of nitrogens with zero attached hydrogens (tertiary/aromatic N) is 3. The molecule has 0 saturated carbocycles. The lowest BCUT2D eigenvalue weighted by Gasteiger charge is -2.28. The first-order valence-corrected chi connectivity index (χ1v) is 6.34. The van der Waals surface area contributed by atoms with Gasteiger partial charge in [-0.2, -0.15) is 0 Å². The molecular weight excluding hydrogens is 230 g/mol. The maximum Gasteiger partial charge on any atom is 0.165 e. The average molecular weight is 251 g/mol. The zero-order chi connectivity index (χ0) is 13.2. The number of hydrogen-bond donors (Lipinski definition) is 0. The predicted molar refractivity (Wildman–Crippen MR) is 68.2 cm³/mol. The van der Waals surface area contributed by atoms with Gasteiger partial charge in [-0.05, 0) is 13.8 Å². The average Bonchev–Trinajstić information content (AvgIpc) is 2.83. The van der Waals surface area contributed by atoms with Gasteiger partial charge in [0, 0.05) is 45.6 Å². The smallest absolute Gasteiger partial charge is 0.165 e. The van der Waals surface area contributed by atoms with E-state index >= 15 is 0 Å². The van der Waals surface area contributed by atoms with Gasteiger partial charge in [-0.15, -0.1) is 0 Å². The molecule has 1 aliphatic rings. The molecule has 0 saturated heterocycles. The lowest BCUT2D eigenvalue weighted by atomic mass is 10.0. The molecule has 0 spiro atoms. The Bertz CT molecular complexity index is 426. The SMILES string of the molecule is COC(C)(C)C(=O)CCN1CCn2ccnc2C1. The van der Waals surface area contributed by atoms with Gasteiger partial charge in [0.05, 0.1) is 6.54 Å². The van der Waals surface area contributed by atoms with E-state index in [4.69, 9.17) is 4.74 Å². The van der Waals surface area contributed by atoms with Crippen LogP contribution in [0.4, 0.5) is 0 Å². The summed E-state index contributed by atoms with van der Waals surface area (Å²) < 4.78 is 7.36. The van der Waals surface area contributed by atoms with E-state index in [0.717, 1.165) is 32.0 Å². The monoisotopic (exact) mass is 251 g/mol. The normalized spacial score (nSPS) is 16.6. The molecule has 0 fully saturated rings. The molecule has 5 nitrogen and oxygen atoms in total. The number of hydrogen-bond acceptors (Lipinski definition) is 4. The third-order valence-electron chi connectivity index (χ3n) is 3.66. The number of rotatable bonds is 5. The molecule has 100 valence electrons. The second kappa shape index (κ2) is 5.20. The quantitative estimate of drug-likeness (QED) is 0.786. The molecule has 0 aliphatic carbocycles. The Morgan fingerprint density at radius 1 is 1.50 bits per heavy atom. The molecule has 2 heterocycles. The van der Waals surface area contributed by atoms with Crippen molar-refractivity contribution in [2.45, 2.75) is 39.0 Å². The van der Waals surface area contributed by atoms with Crippen molar-refractivity contribution < 1.29 is 9.53 Å². The number of carbonyl (C=O) groups excluding carboxylic acids is 1. The third-order valence-corrected chi connectivity index (χ3v) is 3.66. The number of aromatic nitrogens is 2. The van der Waals surface area contributed by atoms with Crippen LogP contribution in [0.25, 0.3) is 0 Å². The number of methoxy groups -OCH3 is 1. The molecule has 0 bridgehead atoms. The largest absolute Gasteiger partial charge is 0.371 e. The number of carbonyl (C=O) groups is 1. The molecule has 2 rings (SSSR count). The van der Waals surface area contributed by atoms with Crippen LogP contribution in [0.1, 0.15) is 26.1 Å². The zero-order valence-electron chi connectivity index (χ0n) is 11.3. The highest BCUT2D eigenvalue weighted by Gasteiger charge is 2.27. The van der Waals surface area contributed by atoms with Crippen molar-refractivity contribution in [2.75, 3.05) is 20.2 Å². The molecule has 5 heteroatoms. The Morgan fingerprint density at radius 2 is 2.28 bits per heavy atom. The van der Waals surface area contributed by atoms with Gasteiger partial charge in [-0.1, -0.05) is 0 Å². The summed E-state index contributed by atoms with van der Waals surface area (Å²) in [7, 11) is 1.58. The molecule has 18 heavy (non-hydrogen) atoms. The predicted octanol–water partition coefficient (Wildman–Crippen LogP) is 1.08. The van der Waals surface area contributed by atoms with E-state index in [0.29, 0.717) is 6.42 Å². The van der Waals surface area contributed by atoms with Crippen molar-refractivity contribution in [3.63, 3.8) is 0 Å². The van der Waals surface area contributed by atoms with E-state index in [2.05, 4.69) is 14.5 Å². The van der Waals surface area contributed by atoms with Crippen molar-refractivity contribution >= 4 is 5.78 Å². The summed E-state index contributed by atoms with van der Waals surface area (Å²) in [4.78, 5) is 18.5. The molecule has 0 atom stereocenters. The highest BCUT2D eigenvalue weighted by molar-refractivity contribution is 5.86. The van der Waals surface area contributed by atoms with E-state index in [9.17, 15) is 4.79 Å². The van der Waals surface area contributed by atoms with Gasteiger partial charge in [-0.25, -0.2) is 4.98 Å². The summed E-state index contributed by atoms with van der Waals surface area (Å²) in [5.41, 5.74) is -0.672. The lowest BCUT2D eigenvalue weighted by molar-refractivity contribution is -0.137. The number of Topliss-reactive ketones (excluding diaryl/α,β-unsaturated/α-hetero) is 1. The first-order chi connectivity index (χ1) is 8.53. The number of fused-ring (bicyclic) bond motifs is 1. The van der Waals surface area contributed by atoms with E-state index < -0.39 is 5.60 Å². The minimum atomic E-state index is -0.672. The topological polar surface area (TPSA) is 47.4 Å². The molecule has 1 aromatic heterocycles. The van der Waals surface area contributed by atoms with Crippen LogP contribution < -0.4 is 0 Å². The van der Waals surface area contributed by atoms with Gasteiger partial charge in [-0.3, -0.25) is 9.69 Å². The molecule has 0 aromatic carbocycles. The van der Waals surface area contributed by atoms with Crippen LogP contribution in [0, 0.1) is 0 Å². The van der Waals surface area contributed by atoms with Crippen molar-refractivity contribution in [3.8, 4) is 0 Å². The number of ether oxygens (including phenoxy) is 1. The highest BCUT2D eigenvalue weighted by Crippen LogP contribution is 2.14. The summed E-state index contributed by atoms with van der Waals surface area (Å²) in [6, 6.07) is 0. The molecule has 0 amide bonds. The van der Waals surface area contributed by atoms with Gasteiger partial charge >= 0.3 is 0 Å². The van der Waals surface area contributed by atoms with Gasteiger partial charge in [0.15, 0.2) is 5.78 Å². The maximum atomic E-state index is 12.0. The summed E-state index contributed by atoms with van der Waals surface area (Å²) in [6.07, 6.45) is 4.37. The zero-order valence-corrected chi connectivity index (χ0v) is 11.3. The Morgan fingerprint density at radius 3 is 3.00 bits per heavy atom. The van der Waals surface area contributed by atoms with Crippen LogP contribution in [0.5, 0.6) is 0 Å². The van der Waals surface area contributed by atoms with Gasteiger partial charge in [0.2, 0.25) is 0 Å². The van der Waals surface area contributed by atoms with Crippen LogP contribution in [0.2, 0.25) is 0 Å². The van der Waals surface area contributed by atoms with E-state index in [1.54, 1.807) is 7.11 Å². The highest BCUT2D eigenvalue weighted by atomic mass is 16.5. The minimum Gasteiger partial charge on any atom is -0.371 e. The van der Waals surface area contributed by atoms with E-state index in [1.807, 2.05) is 26.2 Å². The number of imidazole rings is 1. The van der Waals surface area contributed by atoms with Gasteiger partial charge in [0.1, 0.15) is 11.4 Å². The minimum absolute atomic E-state index is 0.152. The summed E-state index contributed by atoms with van der Waals surface area (Å²) in [5, 5.41) is 0.